The van der Waals surface area contributed by atoms with Gasteiger partial charge in [0.15, 0.2) is 0 Å². The molecule has 2 heterocycles. The van der Waals surface area contributed by atoms with E-state index in [-0.39, 0.29) is 0 Å². The number of methoxy groups -OCH3 is 1. The number of nitrogens with zero attached hydrogens (tertiary/aromatic N) is 1. The summed E-state index contributed by atoms with van der Waals surface area (Å²) in [5.41, 5.74) is 10.2. The van der Waals surface area contributed by atoms with Crippen molar-refractivity contribution in [3.63, 3.8) is 0 Å². The largest absolute Gasteiger partial charge is 0.459 e. The monoisotopic (exact) mass is 367 g/mol. The Bertz CT molecular complexity index is 934. The number of anilines is 1. The van der Waals surface area contributed by atoms with Gasteiger partial charge in [-0.1, -0.05) is 18.7 Å². The third-order valence-electron chi connectivity index (χ3n) is 4.18. The predicted molar refractivity (Wildman–Crippen MR) is 107 cm³/mol. The molecule has 0 aliphatic carbocycles. The summed E-state index contributed by atoms with van der Waals surface area (Å²) in [6.45, 7) is 8.25. The number of furan rings is 1. The Kier molecular flexibility index (Phi) is 6.11. The molecule has 27 heavy (non-hydrogen) atoms. The molecule has 3 aromatic rings. The number of nitrogen functional groups attached to an aromatic ring is 1. The standard InChI is InChI=1S/C21H25N3O3/c1-4-26-12-15-5-6-16-10-18(27-20(16)9-15)11-23-14(2)19-8-7-17(13-25-3)24-21(19)22/h5-10,23H,2,4,11-13H2,1,3H3,(H2,22,24). The summed E-state index contributed by atoms with van der Waals surface area (Å²) in [7, 11) is 1.62. The molecule has 1 aromatic carbocycles. The number of pyridine rings is 1. The maximum atomic E-state index is 6.04. The smallest absolute Gasteiger partial charge is 0.134 e. The fourth-order valence-corrected chi connectivity index (χ4v) is 2.82. The second kappa shape index (κ2) is 8.70. The van der Waals surface area contributed by atoms with Crippen molar-refractivity contribution in [2.24, 2.45) is 0 Å². The molecule has 0 unspecified atom stereocenters. The molecular weight excluding hydrogens is 342 g/mol. The van der Waals surface area contributed by atoms with E-state index in [1.165, 1.54) is 0 Å². The third-order valence-corrected chi connectivity index (χ3v) is 4.18. The maximum Gasteiger partial charge on any atom is 0.134 e. The lowest BCUT2D eigenvalue weighted by atomic mass is 10.1. The second-order valence-corrected chi connectivity index (χ2v) is 6.22. The number of benzene rings is 1. The zero-order chi connectivity index (χ0) is 19.2. The molecular formula is C21H25N3O3. The van der Waals surface area contributed by atoms with Crippen LogP contribution in [0.1, 0.15) is 29.5 Å². The highest BCUT2D eigenvalue weighted by atomic mass is 16.5. The molecule has 6 heteroatoms. The molecule has 0 saturated carbocycles. The first kappa shape index (κ1) is 18.9. The number of rotatable bonds is 9. The number of fused-ring (bicyclic) bond motifs is 1. The highest BCUT2D eigenvalue weighted by molar-refractivity contribution is 5.78. The van der Waals surface area contributed by atoms with Crippen LogP contribution in [-0.4, -0.2) is 18.7 Å². The summed E-state index contributed by atoms with van der Waals surface area (Å²) in [6.07, 6.45) is 0. The van der Waals surface area contributed by atoms with Gasteiger partial charge in [-0.05, 0) is 36.8 Å². The van der Waals surface area contributed by atoms with Crippen molar-refractivity contribution < 1.29 is 13.9 Å². The highest BCUT2D eigenvalue weighted by Gasteiger charge is 2.09. The quantitative estimate of drug-likeness (QED) is 0.598. The summed E-state index contributed by atoms with van der Waals surface area (Å²) < 4.78 is 16.5. The third kappa shape index (κ3) is 4.67. The van der Waals surface area contributed by atoms with Crippen molar-refractivity contribution >= 4 is 22.5 Å². The molecule has 0 radical (unpaired) electrons. The van der Waals surface area contributed by atoms with Crippen LogP contribution in [-0.2, 0) is 29.2 Å². The van der Waals surface area contributed by atoms with Crippen LogP contribution < -0.4 is 11.1 Å². The predicted octanol–water partition coefficient (Wildman–Crippen LogP) is 3.85. The Balaban J connectivity index is 1.66. The minimum absolute atomic E-state index is 0.423. The first-order valence-corrected chi connectivity index (χ1v) is 8.87. The van der Waals surface area contributed by atoms with Gasteiger partial charge in [0.2, 0.25) is 0 Å². The van der Waals surface area contributed by atoms with E-state index in [2.05, 4.69) is 22.9 Å². The normalized spacial score (nSPS) is 11.0. The van der Waals surface area contributed by atoms with E-state index in [0.29, 0.717) is 37.9 Å². The Labute approximate surface area is 159 Å². The van der Waals surface area contributed by atoms with E-state index in [1.807, 2.05) is 37.3 Å². The van der Waals surface area contributed by atoms with Gasteiger partial charge in [0.05, 0.1) is 25.5 Å². The van der Waals surface area contributed by atoms with Gasteiger partial charge >= 0.3 is 0 Å². The lowest BCUT2D eigenvalue weighted by Gasteiger charge is -2.11. The summed E-state index contributed by atoms with van der Waals surface area (Å²) in [6, 6.07) is 11.9. The zero-order valence-electron chi connectivity index (χ0n) is 15.7. The van der Waals surface area contributed by atoms with Gasteiger partial charge in [-0.15, -0.1) is 0 Å². The van der Waals surface area contributed by atoms with Gasteiger partial charge in [-0.2, -0.15) is 0 Å². The first-order chi connectivity index (χ1) is 13.1. The fourth-order valence-electron chi connectivity index (χ4n) is 2.82. The maximum absolute atomic E-state index is 6.04. The molecule has 6 nitrogen and oxygen atoms in total. The topological polar surface area (TPSA) is 82.5 Å². The van der Waals surface area contributed by atoms with Crippen molar-refractivity contribution in [1.82, 2.24) is 10.3 Å². The SMILES string of the molecule is C=C(NCc1cc2ccc(COCC)cc2o1)c1ccc(COC)nc1N. The van der Waals surface area contributed by atoms with Gasteiger partial charge in [0.25, 0.3) is 0 Å². The number of ether oxygens (including phenoxy) is 2. The van der Waals surface area contributed by atoms with Crippen LogP contribution >= 0.6 is 0 Å². The molecule has 0 bridgehead atoms. The summed E-state index contributed by atoms with van der Waals surface area (Å²) in [5, 5.41) is 4.31. The Morgan fingerprint density at radius 2 is 2.07 bits per heavy atom. The van der Waals surface area contributed by atoms with E-state index >= 15 is 0 Å². The summed E-state index contributed by atoms with van der Waals surface area (Å²) >= 11 is 0. The average Bonchev–Trinajstić information content (AvgIpc) is 3.07. The fraction of sp³-hybridized carbons (Fsp3) is 0.286. The van der Waals surface area contributed by atoms with Crippen molar-refractivity contribution in [2.75, 3.05) is 19.5 Å². The van der Waals surface area contributed by atoms with Crippen molar-refractivity contribution in [3.8, 4) is 0 Å². The van der Waals surface area contributed by atoms with E-state index in [9.17, 15) is 0 Å². The number of hydrogen-bond donors (Lipinski definition) is 2. The van der Waals surface area contributed by atoms with Crippen molar-refractivity contribution in [3.05, 3.63) is 65.6 Å². The molecule has 3 N–H and O–H groups in total. The molecule has 0 fully saturated rings. The Morgan fingerprint density at radius 3 is 2.81 bits per heavy atom. The lowest BCUT2D eigenvalue weighted by Crippen LogP contribution is -2.12. The van der Waals surface area contributed by atoms with Gasteiger partial charge in [0.1, 0.15) is 17.2 Å². The number of hydrogen-bond acceptors (Lipinski definition) is 6. The molecule has 0 spiro atoms. The van der Waals surface area contributed by atoms with Crippen molar-refractivity contribution in [2.45, 2.75) is 26.7 Å². The van der Waals surface area contributed by atoms with Gasteiger partial charge in [-0.25, -0.2) is 4.98 Å². The van der Waals surface area contributed by atoms with Gasteiger partial charge < -0.3 is 24.9 Å². The van der Waals surface area contributed by atoms with E-state index in [4.69, 9.17) is 19.6 Å². The average molecular weight is 367 g/mol. The zero-order valence-corrected chi connectivity index (χ0v) is 15.7. The van der Waals surface area contributed by atoms with Crippen LogP contribution in [0.2, 0.25) is 0 Å². The van der Waals surface area contributed by atoms with Gasteiger partial charge in [0, 0.05) is 30.4 Å². The van der Waals surface area contributed by atoms with E-state index < -0.39 is 0 Å². The Hall–Kier alpha value is -2.83. The highest BCUT2D eigenvalue weighted by Crippen LogP contribution is 2.23. The second-order valence-electron chi connectivity index (χ2n) is 6.22. The van der Waals surface area contributed by atoms with Crippen LogP contribution in [0, 0.1) is 0 Å². The summed E-state index contributed by atoms with van der Waals surface area (Å²) in [4.78, 5) is 4.32. The first-order valence-electron chi connectivity index (χ1n) is 8.87. The van der Waals surface area contributed by atoms with Gasteiger partial charge in [-0.3, -0.25) is 0 Å². The van der Waals surface area contributed by atoms with Crippen LogP contribution in [0.4, 0.5) is 5.82 Å². The Morgan fingerprint density at radius 1 is 1.22 bits per heavy atom. The molecule has 3 rings (SSSR count). The molecule has 0 aliphatic rings. The van der Waals surface area contributed by atoms with Crippen LogP contribution in [0.15, 0.2) is 47.4 Å². The molecule has 142 valence electrons. The van der Waals surface area contributed by atoms with E-state index in [0.717, 1.165) is 33.6 Å². The summed E-state index contributed by atoms with van der Waals surface area (Å²) in [5.74, 6) is 1.24. The van der Waals surface area contributed by atoms with Crippen molar-refractivity contribution in [1.29, 1.82) is 0 Å². The lowest BCUT2D eigenvalue weighted by molar-refractivity contribution is 0.134. The molecule has 2 aromatic heterocycles. The van der Waals surface area contributed by atoms with Crippen LogP contribution in [0.25, 0.3) is 16.7 Å². The van der Waals surface area contributed by atoms with Crippen LogP contribution in [0.3, 0.4) is 0 Å². The van der Waals surface area contributed by atoms with Crippen LogP contribution in [0.5, 0.6) is 0 Å². The molecule has 0 aliphatic heterocycles. The number of nitrogens with one attached hydrogen (secondary N) is 1. The minimum Gasteiger partial charge on any atom is -0.459 e. The number of aromatic nitrogens is 1. The molecule has 0 atom stereocenters. The molecule has 0 saturated heterocycles. The number of nitrogens with two attached hydrogens (primary N) is 1. The van der Waals surface area contributed by atoms with E-state index in [1.54, 1.807) is 7.11 Å². The molecule has 0 amide bonds. The minimum atomic E-state index is 0.423.